The first-order valence-corrected chi connectivity index (χ1v) is 9.55. The Balaban J connectivity index is 1.75. The number of ether oxygens (including phenoxy) is 2. The minimum absolute atomic E-state index is 0.298. The first-order chi connectivity index (χ1) is 14.5. The second kappa shape index (κ2) is 8.08. The molecular weight excluding hydrogens is 406 g/mol. The Kier molecular flexibility index (Phi) is 5.33. The number of allylic oxidation sites excluding steroid dienone is 1. The van der Waals surface area contributed by atoms with Crippen molar-refractivity contribution < 1.29 is 14.3 Å². The molecule has 0 saturated carbocycles. The zero-order valence-electron chi connectivity index (χ0n) is 16.6. The van der Waals surface area contributed by atoms with Gasteiger partial charge in [-0.15, -0.1) is 0 Å². The van der Waals surface area contributed by atoms with Crippen molar-refractivity contribution in [2.75, 3.05) is 24.9 Å². The lowest BCUT2D eigenvalue weighted by Crippen LogP contribution is -2.31. The number of aromatic nitrogens is 3. The monoisotopic (exact) mass is 425 g/mol. The maximum Gasteiger partial charge on any atom is 0.255 e. The van der Waals surface area contributed by atoms with Gasteiger partial charge in [-0.1, -0.05) is 23.7 Å². The molecule has 0 radical (unpaired) electrons. The van der Waals surface area contributed by atoms with E-state index in [0.717, 1.165) is 5.56 Å². The topological polar surface area (TPSA) is 90.3 Å². The van der Waals surface area contributed by atoms with Crippen LogP contribution in [0.1, 0.15) is 18.5 Å². The zero-order valence-corrected chi connectivity index (χ0v) is 17.4. The maximum atomic E-state index is 13.4. The molecule has 2 heterocycles. The van der Waals surface area contributed by atoms with Gasteiger partial charge in [0.15, 0.2) is 0 Å². The van der Waals surface area contributed by atoms with Gasteiger partial charge in [0.1, 0.15) is 23.9 Å². The molecular formula is C21H20ClN5O3. The van der Waals surface area contributed by atoms with Gasteiger partial charge in [-0.3, -0.25) is 4.79 Å². The van der Waals surface area contributed by atoms with Gasteiger partial charge in [-0.2, -0.15) is 10.1 Å². The fourth-order valence-electron chi connectivity index (χ4n) is 3.44. The summed E-state index contributed by atoms with van der Waals surface area (Å²) in [5, 5.41) is 11.0. The van der Waals surface area contributed by atoms with Crippen LogP contribution in [-0.4, -0.2) is 34.9 Å². The Morgan fingerprint density at radius 2 is 1.93 bits per heavy atom. The largest absolute Gasteiger partial charge is 0.497 e. The van der Waals surface area contributed by atoms with Crippen molar-refractivity contribution in [2.45, 2.75) is 13.0 Å². The molecule has 0 bridgehead atoms. The second-order valence-corrected chi connectivity index (χ2v) is 7.10. The SMILES string of the molecule is COc1ccc(OC)c(NC(=O)C2=C(C)Nc3ncnn3[C@@H]2c2ccc(Cl)cc2)c1. The highest BCUT2D eigenvalue weighted by Crippen LogP contribution is 2.36. The number of hydrogen-bond donors (Lipinski definition) is 2. The van der Waals surface area contributed by atoms with E-state index in [9.17, 15) is 4.79 Å². The number of anilines is 2. The molecule has 1 amide bonds. The number of halogens is 1. The molecule has 1 aromatic heterocycles. The Morgan fingerprint density at radius 3 is 2.63 bits per heavy atom. The molecule has 0 saturated heterocycles. The summed E-state index contributed by atoms with van der Waals surface area (Å²) >= 11 is 6.06. The summed E-state index contributed by atoms with van der Waals surface area (Å²) in [5.41, 5.74) is 2.53. The fraction of sp³-hybridized carbons (Fsp3) is 0.190. The smallest absolute Gasteiger partial charge is 0.255 e. The highest BCUT2D eigenvalue weighted by atomic mass is 35.5. The highest BCUT2D eigenvalue weighted by molar-refractivity contribution is 6.30. The first kappa shape index (κ1) is 19.8. The Bertz CT molecular complexity index is 1120. The quantitative estimate of drug-likeness (QED) is 0.644. The number of fused-ring (bicyclic) bond motifs is 1. The van der Waals surface area contributed by atoms with Crippen LogP contribution in [0.3, 0.4) is 0 Å². The van der Waals surface area contributed by atoms with E-state index >= 15 is 0 Å². The third-order valence-corrected chi connectivity index (χ3v) is 5.13. The van der Waals surface area contributed by atoms with Crippen molar-refractivity contribution in [3.8, 4) is 11.5 Å². The van der Waals surface area contributed by atoms with Crippen LogP contribution >= 0.6 is 11.6 Å². The van der Waals surface area contributed by atoms with Gasteiger partial charge in [0.25, 0.3) is 5.91 Å². The summed E-state index contributed by atoms with van der Waals surface area (Å²) in [6.45, 7) is 1.83. The molecule has 4 rings (SSSR count). The van der Waals surface area contributed by atoms with Crippen molar-refractivity contribution in [1.82, 2.24) is 14.8 Å². The van der Waals surface area contributed by atoms with Crippen molar-refractivity contribution in [3.05, 3.63) is 70.6 Å². The van der Waals surface area contributed by atoms with Crippen LogP contribution in [0.2, 0.25) is 5.02 Å². The average molecular weight is 426 g/mol. The van der Waals surface area contributed by atoms with Crippen molar-refractivity contribution in [1.29, 1.82) is 0 Å². The van der Waals surface area contributed by atoms with Gasteiger partial charge >= 0.3 is 0 Å². The predicted molar refractivity (Wildman–Crippen MR) is 114 cm³/mol. The Morgan fingerprint density at radius 1 is 1.17 bits per heavy atom. The van der Waals surface area contributed by atoms with Gasteiger partial charge in [0.2, 0.25) is 5.95 Å². The molecule has 0 fully saturated rings. The van der Waals surface area contributed by atoms with E-state index < -0.39 is 6.04 Å². The number of carbonyl (C=O) groups excluding carboxylic acids is 1. The molecule has 2 aromatic carbocycles. The maximum absolute atomic E-state index is 13.4. The summed E-state index contributed by atoms with van der Waals surface area (Å²) in [4.78, 5) is 17.7. The Labute approximate surface area is 178 Å². The lowest BCUT2D eigenvalue weighted by Gasteiger charge is -2.29. The van der Waals surface area contributed by atoms with Crippen LogP contribution in [0.5, 0.6) is 11.5 Å². The second-order valence-electron chi connectivity index (χ2n) is 6.67. The number of carbonyl (C=O) groups is 1. The minimum atomic E-state index is -0.474. The van der Waals surface area contributed by atoms with E-state index in [1.54, 1.807) is 49.2 Å². The van der Waals surface area contributed by atoms with Crippen LogP contribution in [0.25, 0.3) is 0 Å². The zero-order chi connectivity index (χ0) is 21.3. The molecule has 2 N–H and O–H groups in total. The summed E-state index contributed by atoms with van der Waals surface area (Å²) < 4.78 is 12.3. The van der Waals surface area contributed by atoms with Crippen LogP contribution in [0.4, 0.5) is 11.6 Å². The predicted octanol–water partition coefficient (Wildman–Crippen LogP) is 3.88. The number of benzene rings is 2. The molecule has 8 nitrogen and oxygen atoms in total. The van der Waals surface area contributed by atoms with E-state index in [-0.39, 0.29) is 5.91 Å². The molecule has 0 unspecified atom stereocenters. The lowest BCUT2D eigenvalue weighted by atomic mass is 9.95. The summed E-state index contributed by atoms with van der Waals surface area (Å²) in [6, 6.07) is 12.0. The molecule has 0 aliphatic carbocycles. The fourth-order valence-corrected chi connectivity index (χ4v) is 3.57. The molecule has 30 heavy (non-hydrogen) atoms. The van der Waals surface area contributed by atoms with Gasteiger partial charge in [0, 0.05) is 16.8 Å². The van der Waals surface area contributed by atoms with E-state index in [1.165, 1.54) is 6.33 Å². The van der Waals surface area contributed by atoms with E-state index in [1.807, 2.05) is 19.1 Å². The van der Waals surface area contributed by atoms with Crippen molar-refractivity contribution >= 4 is 29.1 Å². The molecule has 0 spiro atoms. The number of methoxy groups -OCH3 is 2. The van der Waals surface area contributed by atoms with E-state index in [0.29, 0.717) is 39.4 Å². The lowest BCUT2D eigenvalue weighted by molar-refractivity contribution is -0.113. The standard InChI is InChI=1S/C21H20ClN5O3/c1-12-18(20(28)26-16-10-15(29-2)8-9-17(16)30-3)19(13-4-6-14(22)7-5-13)27-21(25-12)23-11-24-27/h4-11,19H,1-3H3,(H,26,28)(H,23,24,25)/t19-/m1/s1. The molecule has 154 valence electrons. The number of rotatable bonds is 5. The number of hydrogen-bond acceptors (Lipinski definition) is 6. The third kappa shape index (κ3) is 3.57. The summed E-state index contributed by atoms with van der Waals surface area (Å²) in [6.07, 6.45) is 1.45. The Hall–Kier alpha value is -3.52. The third-order valence-electron chi connectivity index (χ3n) is 4.88. The van der Waals surface area contributed by atoms with Crippen LogP contribution in [0, 0.1) is 0 Å². The van der Waals surface area contributed by atoms with Gasteiger partial charge in [0.05, 0.1) is 25.5 Å². The average Bonchev–Trinajstić information content (AvgIpc) is 3.21. The van der Waals surface area contributed by atoms with E-state index in [2.05, 4.69) is 20.7 Å². The number of nitrogens with zero attached hydrogens (tertiary/aromatic N) is 3. The van der Waals surface area contributed by atoms with Crippen LogP contribution in [-0.2, 0) is 4.79 Å². The first-order valence-electron chi connectivity index (χ1n) is 9.18. The molecule has 1 aliphatic rings. The van der Waals surface area contributed by atoms with Gasteiger partial charge in [-0.05, 0) is 36.8 Å². The van der Waals surface area contributed by atoms with Gasteiger partial charge in [-0.25, -0.2) is 4.68 Å². The number of amides is 1. The van der Waals surface area contributed by atoms with Crippen LogP contribution in [0.15, 0.2) is 60.1 Å². The molecule has 9 heteroatoms. The summed E-state index contributed by atoms with van der Waals surface area (Å²) in [7, 11) is 3.11. The molecule has 3 aromatic rings. The normalized spacial score (nSPS) is 15.3. The van der Waals surface area contributed by atoms with Crippen LogP contribution < -0.4 is 20.1 Å². The molecule has 1 aliphatic heterocycles. The van der Waals surface area contributed by atoms with E-state index in [4.69, 9.17) is 21.1 Å². The van der Waals surface area contributed by atoms with Crippen molar-refractivity contribution in [3.63, 3.8) is 0 Å². The van der Waals surface area contributed by atoms with Crippen molar-refractivity contribution in [2.24, 2.45) is 0 Å². The highest BCUT2D eigenvalue weighted by Gasteiger charge is 2.33. The minimum Gasteiger partial charge on any atom is -0.497 e. The van der Waals surface area contributed by atoms with Gasteiger partial charge < -0.3 is 20.1 Å². The number of nitrogens with one attached hydrogen (secondary N) is 2. The summed E-state index contributed by atoms with van der Waals surface area (Å²) in [5.74, 6) is 1.39. The molecule has 1 atom stereocenters.